The molecule has 0 radical (unpaired) electrons. The Labute approximate surface area is 207 Å². The van der Waals surface area contributed by atoms with Crippen LogP contribution in [0.3, 0.4) is 0 Å². The van der Waals surface area contributed by atoms with Gasteiger partial charge in [0.1, 0.15) is 12.6 Å². The van der Waals surface area contributed by atoms with Gasteiger partial charge in [-0.25, -0.2) is 4.39 Å². The summed E-state index contributed by atoms with van der Waals surface area (Å²) < 4.78 is 24.6. The highest BCUT2D eigenvalue weighted by Gasteiger charge is 2.46. The molecule has 2 N–H and O–H groups in total. The summed E-state index contributed by atoms with van der Waals surface area (Å²) in [7, 11) is 1.66. The fourth-order valence-corrected chi connectivity index (χ4v) is 6.06. The molecule has 1 heterocycles. The van der Waals surface area contributed by atoms with Gasteiger partial charge in [-0.15, -0.1) is 0 Å². The summed E-state index contributed by atoms with van der Waals surface area (Å²) in [6, 6.07) is 10.5. The number of fused-ring (bicyclic) bond motifs is 1. The van der Waals surface area contributed by atoms with Crippen LogP contribution < -0.4 is 5.73 Å². The Morgan fingerprint density at radius 1 is 1.20 bits per heavy atom. The van der Waals surface area contributed by atoms with Gasteiger partial charge >= 0.3 is 0 Å². The standard InChI is InChI=1S/C29H37FN2O3/c1-29(2,28(31)33)16-22-13-21-15-25(35-18-34-3)10-12-26(21)27(22)11-9-24-8-7-20(17-32-24)19-5-4-6-23(30)14-19/h4-9,11,14,17,21-22,25-27H,10,12-13,15-16,18H2,1-3H3,(H2,31,33)/b11-9+/t21-,22-,25-,26-,27-/m1/s1. The lowest BCUT2D eigenvalue weighted by Crippen LogP contribution is -2.34. The highest BCUT2D eigenvalue weighted by molar-refractivity contribution is 5.79. The molecule has 0 aliphatic heterocycles. The van der Waals surface area contributed by atoms with E-state index in [-0.39, 0.29) is 17.8 Å². The van der Waals surface area contributed by atoms with Crippen LogP contribution in [-0.4, -0.2) is 30.9 Å². The number of amides is 1. The van der Waals surface area contributed by atoms with E-state index in [1.165, 1.54) is 12.1 Å². The maximum Gasteiger partial charge on any atom is 0.223 e. The average Bonchev–Trinajstić information content (AvgIpc) is 3.17. The number of methoxy groups -OCH3 is 1. The molecule has 5 nitrogen and oxygen atoms in total. The summed E-state index contributed by atoms with van der Waals surface area (Å²) in [6.07, 6.45) is 11.4. The van der Waals surface area contributed by atoms with Gasteiger partial charge in [0, 0.05) is 24.3 Å². The van der Waals surface area contributed by atoms with Gasteiger partial charge in [0.15, 0.2) is 0 Å². The number of benzene rings is 1. The summed E-state index contributed by atoms with van der Waals surface area (Å²) in [5.74, 6) is 1.38. The van der Waals surface area contributed by atoms with Gasteiger partial charge < -0.3 is 15.2 Å². The number of aromatic nitrogens is 1. The van der Waals surface area contributed by atoms with E-state index in [0.29, 0.717) is 30.5 Å². The first kappa shape index (κ1) is 25.5. The molecule has 35 heavy (non-hydrogen) atoms. The lowest BCUT2D eigenvalue weighted by molar-refractivity contribution is -0.127. The molecule has 2 aliphatic rings. The van der Waals surface area contributed by atoms with Crippen LogP contribution >= 0.6 is 0 Å². The van der Waals surface area contributed by atoms with Crippen molar-refractivity contribution in [1.29, 1.82) is 0 Å². The zero-order chi connectivity index (χ0) is 25.0. The molecule has 4 rings (SSSR count). The second-order valence-electron chi connectivity index (χ2n) is 10.8. The third-order valence-corrected chi connectivity index (χ3v) is 7.93. The summed E-state index contributed by atoms with van der Waals surface area (Å²) in [4.78, 5) is 16.7. The van der Waals surface area contributed by atoms with E-state index in [4.69, 9.17) is 15.2 Å². The minimum Gasteiger partial charge on any atom is -0.369 e. The van der Waals surface area contributed by atoms with Crippen molar-refractivity contribution in [1.82, 2.24) is 4.98 Å². The fraction of sp³-hybridized carbons (Fsp3) is 0.517. The number of primary amides is 1. The number of hydrogen-bond donors (Lipinski definition) is 1. The summed E-state index contributed by atoms with van der Waals surface area (Å²) in [5, 5.41) is 0. The molecule has 6 heteroatoms. The van der Waals surface area contributed by atoms with E-state index in [9.17, 15) is 9.18 Å². The van der Waals surface area contributed by atoms with E-state index < -0.39 is 5.41 Å². The molecule has 2 fully saturated rings. The van der Waals surface area contributed by atoms with Gasteiger partial charge in [-0.1, -0.05) is 38.1 Å². The summed E-state index contributed by atoms with van der Waals surface area (Å²) in [5.41, 5.74) is 7.76. The van der Waals surface area contributed by atoms with E-state index in [0.717, 1.165) is 48.9 Å². The number of rotatable bonds is 9. The average molecular weight is 481 g/mol. The number of halogens is 1. The van der Waals surface area contributed by atoms with Crippen LogP contribution in [-0.2, 0) is 14.3 Å². The Morgan fingerprint density at radius 2 is 2.03 bits per heavy atom. The SMILES string of the molecule is COCO[C@@H]1CC[C@@H]2[C@@H](C1)C[C@H](CC(C)(C)C(N)=O)[C@H]2/C=C/c1ccc(-c2cccc(F)c2)cn1. The zero-order valence-corrected chi connectivity index (χ0v) is 21.0. The maximum absolute atomic E-state index is 13.6. The molecule has 0 bridgehead atoms. The minimum absolute atomic E-state index is 0.237. The van der Waals surface area contributed by atoms with Crippen molar-refractivity contribution in [2.75, 3.05) is 13.9 Å². The third kappa shape index (κ3) is 6.17. The van der Waals surface area contributed by atoms with E-state index in [2.05, 4.69) is 17.1 Å². The Kier molecular flexibility index (Phi) is 8.02. The second-order valence-corrected chi connectivity index (χ2v) is 10.8. The smallest absolute Gasteiger partial charge is 0.223 e. The second kappa shape index (κ2) is 11.0. The lowest BCUT2D eigenvalue weighted by Gasteiger charge is -2.34. The fourth-order valence-electron chi connectivity index (χ4n) is 6.06. The molecular formula is C29H37FN2O3. The highest BCUT2D eigenvalue weighted by Crippen LogP contribution is 2.53. The monoisotopic (exact) mass is 480 g/mol. The van der Waals surface area contributed by atoms with Crippen molar-refractivity contribution in [2.45, 2.75) is 52.1 Å². The van der Waals surface area contributed by atoms with Gasteiger partial charge in [-0.2, -0.15) is 0 Å². The first-order valence-electron chi connectivity index (χ1n) is 12.6. The first-order chi connectivity index (χ1) is 16.8. The Bertz CT molecular complexity index is 1040. The molecule has 0 unspecified atom stereocenters. The molecule has 0 spiro atoms. The Hall–Kier alpha value is -2.57. The van der Waals surface area contributed by atoms with Crippen molar-refractivity contribution < 1.29 is 18.7 Å². The lowest BCUT2D eigenvalue weighted by atomic mass is 9.74. The quantitative estimate of drug-likeness (QED) is 0.457. The van der Waals surface area contributed by atoms with Gasteiger partial charge in [-0.05, 0) is 85.6 Å². The maximum atomic E-state index is 13.6. The molecule has 5 atom stereocenters. The van der Waals surface area contributed by atoms with Crippen LogP contribution in [0, 0.1) is 34.9 Å². The summed E-state index contributed by atoms with van der Waals surface area (Å²) in [6.45, 7) is 4.24. The molecule has 1 aromatic heterocycles. The van der Waals surface area contributed by atoms with Crippen LogP contribution in [0.25, 0.3) is 17.2 Å². The van der Waals surface area contributed by atoms with E-state index in [1.807, 2.05) is 32.0 Å². The van der Waals surface area contributed by atoms with Crippen molar-refractivity contribution in [3.05, 3.63) is 60.2 Å². The molecule has 2 aliphatic carbocycles. The van der Waals surface area contributed by atoms with E-state index in [1.54, 1.807) is 19.4 Å². The zero-order valence-electron chi connectivity index (χ0n) is 21.0. The van der Waals surface area contributed by atoms with Gasteiger partial charge in [-0.3, -0.25) is 9.78 Å². The van der Waals surface area contributed by atoms with Crippen LogP contribution in [0.15, 0.2) is 48.7 Å². The number of nitrogens with two attached hydrogens (primary N) is 1. The molecule has 0 saturated heterocycles. The number of ether oxygens (including phenoxy) is 2. The van der Waals surface area contributed by atoms with Gasteiger partial charge in [0.25, 0.3) is 0 Å². The molecule has 1 aromatic carbocycles. The topological polar surface area (TPSA) is 74.4 Å². The molecule has 1 amide bonds. The van der Waals surface area contributed by atoms with Crippen molar-refractivity contribution >= 4 is 12.0 Å². The largest absolute Gasteiger partial charge is 0.369 e. The molecule has 2 aromatic rings. The molecule has 2 saturated carbocycles. The highest BCUT2D eigenvalue weighted by atomic mass is 19.1. The molecule has 188 valence electrons. The predicted molar refractivity (Wildman–Crippen MR) is 135 cm³/mol. The van der Waals surface area contributed by atoms with Gasteiger partial charge in [0.05, 0.1) is 11.8 Å². The van der Waals surface area contributed by atoms with Crippen LogP contribution in [0.1, 0.15) is 51.6 Å². The normalized spacial score (nSPS) is 26.7. The number of nitrogens with zero attached hydrogens (tertiary/aromatic N) is 1. The number of hydrogen-bond acceptors (Lipinski definition) is 4. The number of carbonyl (C=O) groups excluding carboxylic acids is 1. The summed E-state index contributed by atoms with van der Waals surface area (Å²) >= 11 is 0. The van der Waals surface area contributed by atoms with Crippen molar-refractivity contribution in [2.24, 2.45) is 34.8 Å². The van der Waals surface area contributed by atoms with Crippen LogP contribution in [0.4, 0.5) is 4.39 Å². The predicted octanol–water partition coefficient (Wildman–Crippen LogP) is 5.84. The van der Waals surface area contributed by atoms with Gasteiger partial charge in [0.2, 0.25) is 5.91 Å². The Morgan fingerprint density at radius 3 is 2.71 bits per heavy atom. The van der Waals surface area contributed by atoms with Crippen LogP contribution in [0.5, 0.6) is 0 Å². The van der Waals surface area contributed by atoms with Crippen molar-refractivity contribution in [3.63, 3.8) is 0 Å². The minimum atomic E-state index is -0.541. The Balaban J connectivity index is 1.51. The van der Waals surface area contributed by atoms with Crippen molar-refractivity contribution in [3.8, 4) is 11.1 Å². The number of carbonyl (C=O) groups is 1. The molecular weight excluding hydrogens is 443 g/mol. The van der Waals surface area contributed by atoms with Crippen LogP contribution in [0.2, 0.25) is 0 Å². The first-order valence-corrected chi connectivity index (χ1v) is 12.6. The number of allylic oxidation sites excluding steroid dienone is 1. The third-order valence-electron chi connectivity index (χ3n) is 7.93. The van der Waals surface area contributed by atoms with E-state index >= 15 is 0 Å². The number of pyridine rings is 1.